The highest BCUT2D eigenvalue weighted by Gasteiger charge is 2.44. The molecule has 178 valence electrons. The van der Waals surface area contributed by atoms with E-state index in [0.717, 1.165) is 31.8 Å². The second-order valence-electron chi connectivity index (χ2n) is 8.84. The molecule has 0 saturated heterocycles. The Morgan fingerprint density at radius 2 is 1.12 bits per heavy atom. The van der Waals surface area contributed by atoms with Gasteiger partial charge in [-0.3, -0.25) is 20.8 Å². The summed E-state index contributed by atoms with van der Waals surface area (Å²) >= 11 is 0. The predicted octanol–water partition coefficient (Wildman–Crippen LogP) is 3.81. The van der Waals surface area contributed by atoms with E-state index in [1.165, 1.54) is 15.9 Å². The maximum absolute atomic E-state index is 12.3. The SMILES string of the molecule is C[N+](CCCC(=O)CCCCC[P+](c1ccccc1)(c1ccccc1)c1ccccc1)=C(N)N. The van der Waals surface area contributed by atoms with Crippen LogP contribution in [0.15, 0.2) is 91.0 Å². The number of hydrogen-bond donors (Lipinski definition) is 2. The lowest BCUT2D eigenvalue weighted by Gasteiger charge is -2.27. The number of ketones is 1. The van der Waals surface area contributed by atoms with Gasteiger partial charge in [-0.05, 0) is 62.1 Å². The summed E-state index contributed by atoms with van der Waals surface area (Å²) in [6.45, 7) is 0.715. The molecule has 0 atom stereocenters. The second-order valence-corrected chi connectivity index (χ2v) is 12.5. The average Bonchev–Trinajstić information content (AvgIpc) is 2.88. The molecule has 0 aliphatic carbocycles. The normalized spacial score (nSPS) is 11.2. The first kappa shape index (κ1) is 25.6. The molecule has 3 aromatic carbocycles. The number of guanidine groups is 1. The molecule has 0 amide bonds. The Kier molecular flexibility index (Phi) is 9.85. The molecule has 5 heteroatoms. The van der Waals surface area contributed by atoms with Crippen LogP contribution in [-0.4, -0.2) is 36.1 Å². The molecule has 0 unspecified atom stereocenters. The number of nitrogens with two attached hydrogens (primary N) is 2. The molecular weight excluding hydrogens is 437 g/mol. The maximum atomic E-state index is 12.3. The predicted molar refractivity (Wildman–Crippen MR) is 147 cm³/mol. The number of nitrogens with zero attached hydrogens (tertiary/aromatic N) is 1. The molecule has 0 aromatic heterocycles. The lowest BCUT2D eigenvalue weighted by molar-refractivity contribution is -0.499. The van der Waals surface area contributed by atoms with Crippen LogP contribution < -0.4 is 27.4 Å². The molecule has 0 fully saturated rings. The highest BCUT2D eigenvalue weighted by molar-refractivity contribution is 7.95. The number of Topliss-reactive ketones (excluding diaryl/α,β-unsaturated/α-hetero) is 1. The summed E-state index contributed by atoms with van der Waals surface area (Å²) in [7, 11) is 0.0768. The first-order valence-corrected chi connectivity index (χ1v) is 14.2. The number of hydrogen-bond acceptors (Lipinski definition) is 1. The minimum atomic E-state index is -1.77. The van der Waals surface area contributed by atoms with E-state index >= 15 is 0 Å². The Hall–Kier alpha value is -2.97. The Balaban J connectivity index is 1.68. The van der Waals surface area contributed by atoms with E-state index in [4.69, 9.17) is 11.5 Å². The third-order valence-corrected chi connectivity index (χ3v) is 11.0. The van der Waals surface area contributed by atoms with E-state index < -0.39 is 7.26 Å². The molecule has 0 radical (unpaired) electrons. The van der Waals surface area contributed by atoms with E-state index in [9.17, 15) is 4.79 Å². The van der Waals surface area contributed by atoms with Crippen molar-refractivity contribution in [2.24, 2.45) is 11.5 Å². The number of unbranched alkanes of at least 4 members (excludes halogenated alkanes) is 2. The number of benzene rings is 3. The van der Waals surface area contributed by atoms with Crippen molar-refractivity contribution < 1.29 is 9.37 Å². The first-order chi connectivity index (χ1) is 16.5. The Morgan fingerprint density at radius 1 is 0.676 bits per heavy atom. The average molecular weight is 476 g/mol. The van der Waals surface area contributed by atoms with Gasteiger partial charge in [-0.1, -0.05) is 54.6 Å². The summed E-state index contributed by atoms with van der Waals surface area (Å²) in [5.41, 5.74) is 11.1. The van der Waals surface area contributed by atoms with E-state index in [0.29, 0.717) is 31.1 Å². The van der Waals surface area contributed by atoms with Gasteiger partial charge >= 0.3 is 5.96 Å². The van der Waals surface area contributed by atoms with E-state index in [1.54, 1.807) is 4.58 Å². The summed E-state index contributed by atoms with van der Waals surface area (Å²) in [6.07, 6.45) is 6.24. The van der Waals surface area contributed by atoms with Crippen LogP contribution in [0.5, 0.6) is 0 Å². The van der Waals surface area contributed by atoms with Crippen molar-refractivity contribution in [3.63, 3.8) is 0 Å². The van der Waals surface area contributed by atoms with Crippen LogP contribution in [0, 0.1) is 0 Å². The third kappa shape index (κ3) is 6.77. The minimum Gasteiger partial charge on any atom is -0.300 e. The summed E-state index contributed by atoms with van der Waals surface area (Å²) in [5, 5.41) is 4.26. The van der Waals surface area contributed by atoms with Crippen LogP contribution in [0.25, 0.3) is 0 Å². The monoisotopic (exact) mass is 475 g/mol. The molecule has 0 aliphatic heterocycles. The lowest BCUT2D eigenvalue weighted by atomic mass is 10.1. The van der Waals surface area contributed by atoms with Gasteiger partial charge in [-0.15, -0.1) is 0 Å². The molecule has 0 heterocycles. The zero-order valence-corrected chi connectivity index (χ0v) is 21.2. The highest BCUT2D eigenvalue weighted by Crippen LogP contribution is 2.55. The third-order valence-electron chi connectivity index (χ3n) is 6.43. The van der Waals surface area contributed by atoms with Gasteiger partial charge in [0.2, 0.25) is 0 Å². The zero-order chi connectivity index (χ0) is 24.2. The second kappa shape index (κ2) is 13.1. The first-order valence-electron chi connectivity index (χ1n) is 12.2. The summed E-state index contributed by atoms with van der Waals surface area (Å²) in [4.78, 5) is 12.3. The van der Waals surface area contributed by atoms with E-state index in [2.05, 4.69) is 91.0 Å². The van der Waals surface area contributed by atoms with Gasteiger partial charge in [0.05, 0.1) is 19.8 Å². The van der Waals surface area contributed by atoms with Crippen LogP contribution in [0.2, 0.25) is 0 Å². The summed E-state index contributed by atoms with van der Waals surface area (Å²) in [5.74, 6) is 0.633. The summed E-state index contributed by atoms with van der Waals surface area (Å²) in [6, 6.07) is 33.0. The van der Waals surface area contributed by atoms with Gasteiger partial charge in [-0.2, -0.15) is 0 Å². The minimum absolute atomic E-state index is 0.300. The van der Waals surface area contributed by atoms with Crippen molar-refractivity contribution in [1.82, 2.24) is 0 Å². The molecule has 0 bridgehead atoms. The topological polar surface area (TPSA) is 72.1 Å². The van der Waals surface area contributed by atoms with Gasteiger partial charge in [0.15, 0.2) is 0 Å². The molecular formula is C29H38N3OP+2. The molecule has 0 aliphatic rings. The van der Waals surface area contributed by atoms with E-state index in [1.807, 2.05) is 7.05 Å². The molecule has 34 heavy (non-hydrogen) atoms. The fourth-order valence-corrected chi connectivity index (χ4v) is 8.91. The van der Waals surface area contributed by atoms with Crippen molar-refractivity contribution in [3.8, 4) is 0 Å². The molecule has 4 N–H and O–H groups in total. The van der Waals surface area contributed by atoms with Gasteiger partial charge in [-0.25, -0.2) is 0 Å². The molecule has 3 rings (SSSR count). The van der Waals surface area contributed by atoms with Crippen LogP contribution >= 0.6 is 7.26 Å². The van der Waals surface area contributed by atoms with Gasteiger partial charge < -0.3 is 0 Å². The van der Waals surface area contributed by atoms with Gasteiger partial charge in [0, 0.05) is 12.8 Å². The molecule has 0 saturated carbocycles. The fraction of sp³-hybridized carbons (Fsp3) is 0.310. The van der Waals surface area contributed by atoms with Crippen LogP contribution in [0.4, 0.5) is 0 Å². The Morgan fingerprint density at radius 3 is 1.56 bits per heavy atom. The largest absolute Gasteiger partial charge is 0.340 e. The maximum Gasteiger partial charge on any atom is 0.340 e. The number of carbonyl (C=O) groups excluding carboxylic acids is 1. The van der Waals surface area contributed by atoms with Crippen molar-refractivity contribution in [1.29, 1.82) is 0 Å². The zero-order valence-electron chi connectivity index (χ0n) is 20.3. The quantitative estimate of drug-likeness (QED) is 0.130. The standard InChI is InChI=1S/C29H37N3OP/c1-32(29(30)31)23-14-16-25(33)15-6-5-13-24-34(26-17-7-2-8-18-26,27-19-9-3-10-20-27)28-21-11-4-12-22-28/h2-4,7-12,17-22H,5-6,13-16,23-24H2,1H3,(H3,30,31)/q+1/p+1. The van der Waals surface area contributed by atoms with Crippen molar-refractivity contribution in [2.75, 3.05) is 19.8 Å². The number of carbonyl (C=O) groups is 1. The van der Waals surface area contributed by atoms with Gasteiger partial charge in [0.25, 0.3) is 0 Å². The molecule has 4 nitrogen and oxygen atoms in total. The molecule has 0 spiro atoms. The number of rotatable bonds is 13. The van der Waals surface area contributed by atoms with Gasteiger partial charge in [0.1, 0.15) is 29.0 Å². The Labute approximate surface area is 205 Å². The lowest BCUT2D eigenvalue weighted by Crippen LogP contribution is -2.34. The molecule has 3 aromatic rings. The van der Waals surface area contributed by atoms with Crippen molar-refractivity contribution >= 4 is 34.9 Å². The van der Waals surface area contributed by atoms with Crippen LogP contribution in [-0.2, 0) is 4.79 Å². The van der Waals surface area contributed by atoms with Crippen molar-refractivity contribution in [2.45, 2.75) is 38.5 Å². The Bertz CT molecular complexity index is 952. The van der Waals surface area contributed by atoms with Crippen LogP contribution in [0.3, 0.4) is 0 Å². The summed E-state index contributed by atoms with van der Waals surface area (Å²) < 4.78 is 1.79. The van der Waals surface area contributed by atoms with Crippen molar-refractivity contribution in [3.05, 3.63) is 91.0 Å². The fourth-order valence-electron chi connectivity index (χ4n) is 4.50. The van der Waals surface area contributed by atoms with Crippen LogP contribution in [0.1, 0.15) is 38.5 Å². The highest BCUT2D eigenvalue weighted by atomic mass is 31.2. The van der Waals surface area contributed by atoms with E-state index in [-0.39, 0.29) is 0 Å². The smallest absolute Gasteiger partial charge is 0.300 e.